The van der Waals surface area contributed by atoms with Crippen molar-refractivity contribution in [3.63, 3.8) is 0 Å². The Morgan fingerprint density at radius 2 is 2.12 bits per heavy atom. The molecule has 0 radical (unpaired) electrons. The highest BCUT2D eigenvalue weighted by Crippen LogP contribution is 2.25. The van der Waals surface area contributed by atoms with Gasteiger partial charge in [-0.15, -0.1) is 0 Å². The summed E-state index contributed by atoms with van der Waals surface area (Å²) in [5, 5.41) is 9.13. The van der Waals surface area contributed by atoms with Crippen LogP contribution < -0.4 is 4.74 Å². The first-order valence-corrected chi connectivity index (χ1v) is 5.33. The fraction of sp³-hybridized carbons (Fsp3) is 0.385. The average molecular weight is 233 g/mol. The van der Waals surface area contributed by atoms with E-state index in [0.29, 0.717) is 17.7 Å². The second-order valence-electron chi connectivity index (χ2n) is 3.50. The molecule has 0 aliphatic carbocycles. The van der Waals surface area contributed by atoms with Crippen LogP contribution in [-0.4, -0.2) is 20.2 Å². The Morgan fingerprint density at radius 3 is 2.59 bits per heavy atom. The number of hydrogen-bond donors (Lipinski definition) is 0. The van der Waals surface area contributed by atoms with E-state index in [4.69, 9.17) is 10.00 Å². The van der Waals surface area contributed by atoms with Crippen LogP contribution in [0.3, 0.4) is 0 Å². The number of nitriles is 1. The molecule has 0 saturated heterocycles. The lowest BCUT2D eigenvalue weighted by molar-refractivity contribution is -0.139. The number of hydrogen-bond acceptors (Lipinski definition) is 4. The minimum atomic E-state index is -0.311. The van der Waals surface area contributed by atoms with Gasteiger partial charge in [-0.3, -0.25) is 4.79 Å². The Labute approximate surface area is 101 Å². The topological polar surface area (TPSA) is 59.3 Å². The highest BCUT2D eigenvalue weighted by molar-refractivity contribution is 5.73. The molecule has 17 heavy (non-hydrogen) atoms. The van der Waals surface area contributed by atoms with Crippen LogP contribution >= 0.6 is 0 Å². The largest absolute Gasteiger partial charge is 0.495 e. The van der Waals surface area contributed by atoms with Crippen LogP contribution in [0.1, 0.15) is 23.6 Å². The van der Waals surface area contributed by atoms with Gasteiger partial charge in [0.2, 0.25) is 0 Å². The predicted molar refractivity (Wildman–Crippen MR) is 62.8 cm³/mol. The van der Waals surface area contributed by atoms with Crippen LogP contribution in [0, 0.1) is 11.3 Å². The molecule has 4 nitrogen and oxygen atoms in total. The Kier molecular flexibility index (Phi) is 4.53. The van der Waals surface area contributed by atoms with Crippen molar-refractivity contribution in [2.24, 2.45) is 0 Å². The van der Waals surface area contributed by atoms with Crippen molar-refractivity contribution in [3.8, 4) is 11.8 Å². The third-order valence-electron chi connectivity index (χ3n) is 2.62. The molecule has 0 atom stereocenters. The SMILES string of the molecule is CCc1c(CC(=O)OC)ccc(OC)c1C#N. The van der Waals surface area contributed by atoms with Crippen molar-refractivity contribution in [2.45, 2.75) is 19.8 Å². The molecular formula is C13H15NO3. The van der Waals surface area contributed by atoms with E-state index in [1.807, 2.05) is 6.92 Å². The molecule has 0 fully saturated rings. The zero-order valence-corrected chi connectivity index (χ0v) is 10.2. The van der Waals surface area contributed by atoms with E-state index in [1.54, 1.807) is 12.1 Å². The first-order valence-electron chi connectivity index (χ1n) is 5.33. The fourth-order valence-electron chi connectivity index (χ4n) is 1.76. The summed E-state index contributed by atoms with van der Waals surface area (Å²) < 4.78 is 9.76. The third-order valence-corrected chi connectivity index (χ3v) is 2.62. The van der Waals surface area contributed by atoms with Gasteiger partial charge in [-0.05, 0) is 23.6 Å². The number of carbonyl (C=O) groups excluding carboxylic acids is 1. The zero-order valence-electron chi connectivity index (χ0n) is 10.2. The van der Waals surface area contributed by atoms with Crippen LogP contribution in [0.15, 0.2) is 12.1 Å². The van der Waals surface area contributed by atoms with Crippen molar-refractivity contribution in [3.05, 3.63) is 28.8 Å². The van der Waals surface area contributed by atoms with Crippen LogP contribution in [0.25, 0.3) is 0 Å². The zero-order chi connectivity index (χ0) is 12.8. The van der Waals surface area contributed by atoms with Gasteiger partial charge in [0.1, 0.15) is 11.8 Å². The highest BCUT2D eigenvalue weighted by atomic mass is 16.5. The number of methoxy groups -OCH3 is 2. The highest BCUT2D eigenvalue weighted by Gasteiger charge is 2.14. The van der Waals surface area contributed by atoms with Crippen molar-refractivity contribution in [1.29, 1.82) is 5.26 Å². The molecule has 0 bridgehead atoms. The maximum atomic E-state index is 11.3. The minimum absolute atomic E-state index is 0.179. The van der Waals surface area contributed by atoms with Crippen LogP contribution in [-0.2, 0) is 22.4 Å². The normalized spacial score (nSPS) is 9.53. The Balaban J connectivity index is 3.24. The smallest absolute Gasteiger partial charge is 0.309 e. The Morgan fingerprint density at radius 1 is 1.41 bits per heavy atom. The van der Waals surface area contributed by atoms with Gasteiger partial charge in [-0.25, -0.2) is 0 Å². The average Bonchev–Trinajstić information content (AvgIpc) is 2.37. The van der Waals surface area contributed by atoms with E-state index < -0.39 is 0 Å². The van der Waals surface area contributed by atoms with Gasteiger partial charge in [0.15, 0.2) is 0 Å². The second kappa shape index (κ2) is 5.90. The number of esters is 1. The monoisotopic (exact) mass is 233 g/mol. The lowest BCUT2D eigenvalue weighted by Crippen LogP contribution is -2.08. The van der Waals surface area contributed by atoms with E-state index in [9.17, 15) is 4.79 Å². The second-order valence-corrected chi connectivity index (χ2v) is 3.50. The summed E-state index contributed by atoms with van der Waals surface area (Å²) in [7, 11) is 2.87. The quantitative estimate of drug-likeness (QED) is 0.744. The lowest BCUT2D eigenvalue weighted by atomic mass is 9.96. The number of rotatable bonds is 4. The first kappa shape index (κ1) is 13.0. The Bertz CT molecular complexity index is 460. The van der Waals surface area contributed by atoms with Gasteiger partial charge >= 0.3 is 5.97 Å². The fourth-order valence-corrected chi connectivity index (χ4v) is 1.76. The molecule has 0 amide bonds. The summed E-state index contributed by atoms with van der Waals surface area (Å²) in [6, 6.07) is 5.63. The summed E-state index contributed by atoms with van der Waals surface area (Å²) in [6.45, 7) is 1.94. The van der Waals surface area contributed by atoms with Gasteiger partial charge in [0.25, 0.3) is 0 Å². The Hall–Kier alpha value is -2.02. The van der Waals surface area contributed by atoms with Crippen molar-refractivity contribution in [2.75, 3.05) is 14.2 Å². The van der Waals surface area contributed by atoms with Crippen molar-refractivity contribution >= 4 is 5.97 Å². The molecule has 4 heteroatoms. The van der Waals surface area contributed by atoms with Gasteiger partial charge in [-0.1, -0.05) is 13.0 Å². The number of nitrogens with zero attached hydrogens (tertiary/aromatic N) is 1. The molecule has 0 unspecified atom stereocenters. The van der Waals surface area contributed by atoms with Crippen LogP contribution in [0.5, 0.6) is 5.75 Å². The molecule has 1 rings (SSSR count). The number of carbonyl (C=O) groups is 1. The van der Waals surface area contributed by atoms with Gasteiger partial charge < -0.3 is 9.47 Å². The van der Waals surface area contributed by atoms with Crippen LogP contribution in [0.4, 0.5) is 0 Å². The molecular weight excluding hydrogens is 218 g/mol. The molecule has 0 spiro atoms. The van der Waals surface area contributed by atoms with Gasteiger partial charge in [-0.2, -0.15) is 5.26 Å². The minimum Gasteiger partial charge on any atom is -0.495 e. The van der Waals surface area contributed by atoms with E-state index in [-0.39, 0.29) is 12.4 Å². The van der Waals surface area contributed by atoms with E-state index in [0.717, 1.165) is 11.1 Å². The summed E-state index contributed by atoms with van der Waals surface area (Å²) >= 11 is 0. The summed E-state index contributed by atoms with van der Waals surface area (Å²) in [5.74, 6) is 0.228. The maximum absolute atomic E-state index is 11.3. The standard InChI is InChI=1S/C13H15NO3/c1-4-10-9(7-13(15)17-3)5-6-12(16-2)11(10)8-14/h5-6H,4,7H2,1-3H3. The summed E-state index contributed by atoms with van der Waals surface area (Å²) in [4.78, 5) is 11.3. The lowest BCUT2D eigenvalue weighted by Gasteiger charge is -2.12. The van der Waals surface area contributed by atoms with E-state index >= 15 is 0 Å². The summed E-state index contributed by atoms with van der Waals surface area (Å²) in [5.41, 5.74) is 2.16. The first-order chi connectivity index (χ1) is 8.17. The molecule has 1 aromatic carbocycles. The molecule has 0 saturated carbocycles. The molecule has 0 aliphatic rings. The van der Waals surface area contributed by atoms with Gasteiger partial charge in [0.05, 0.1) is 26.2 Å². The van der Waals surface area contributed by atoms with Gasteiger partial charge in [0, 0.05) is 0 Å². The van der Waals surface area contributed by atoms with Crippen molar-refractivity contribution < 1.29 is 14.3 Å². The molecule has 90 valence electrons. The molecule has 0 N–H and O–H groups in total. The van der Waals surface area contributed by atoms with E-state index in [2.05, 4.69) is 10.8 Å². The number of ether oxygens (including phenoxy) is 2. The summed E-state index contributed by atoms with van der Waals surface area (Å²) in [6.07, 6.45) is 0.852. The molecule has 0 aliphatic heterocycles. The van der Waals surface area contributed by atoms with Crippen molar-refractivity contribution in [1.82, 2.24) is 0 Å². The maximum Gasteiger partial charge on any atom is 0.309 e. The predicted octanol–water partition coefficient (Wildman–Crippen LogP) is 1.84. The molecule has 0 aromatic heterocycles. The molecule has 1 aromatic rings. The number of benzene rings is 1. The molecule has 0 heterocycles. The van der Waals surface area contributed by atoms with E-state index in [1.165, 1.54) is 14.2 Å². The third kappa shape index (κ3) is 2.76. The van der Waals surface area contributed by atoms with Crippen LogP contribution in [0.2, 0.25) is 0 Å².